The summed E-state index contributed by atoms with van der Waals surface area (Å²) in [7, 11) is 0. The number of benzene rings is 1. The molecule has 0 radical (unpaired) electrons. The van der Waals surface area contributed by atoms with Gasteiger partial charge in [-0.2, -0.15) is 0 Å². The van der Waals surface area contributed by atoms with Crippen molar-refractivity contribution in [2.24, 2.45) is 11.7 Å². The normalized spacial score (nSPS) is 16.9. The van der Waals surface area contributed by atoms with Crippen molar-refractivity contribution in [1.29, 1.82) is 0 Å². The Bertz CT molecular complexity index is 378. The van der Waals surface area contributed by atoms with Crippen LogP contribution in [0.4, 0.5) is 0 Å². The molecule has 1 aliphatic carbocycles. The average molecular weight is 256 g/mol. The minimum absolute atomic E-state index is 0.105. The highest BCUT2D eigenvalue weighted by atomic mass is 35.5. The van der Waals surface area contributed by atoms with Crippen LogP contribution in [0.5, 0.6) is 5.75 Å². The average Bonchev–Trinajstić information content (AvgIpc) is 3.09. The lowest BCUT2D eigenvalue weighted by Crippen LogP contribution is -2.10. The molecule has 1 atom stereocenters. The molecule has 1 aromatic carbocycles. The van der Waals surface area contributed by atoms with Gasteiger partial charge in [0.1, 0.15) is 5.75 Å². The van der Waals surface area contributed by atoms with Crippen LogP contribution >= 0.6 is 11.6 Å². The molecule has 0 heterocycles. The summed E-state index contributed by atoms with van der Waals surface area (Å²) in [5, 5.41) is 0.670. The fourth-order valence-electron chi connectivity index (χ4n) is 1.61. The highest BCUT2D eigenvalue weighted by molar-refractivity contribution is 6.30. The van der Waals surface area contributed by atoms with Crippen LogP contribution < -0.4 is 10.5 Å². The van der Waals surface area contributed by atoms with E-state index in [0.717, 1.165) is 23.8 Å². The van der Waals surface area contributed by atoms with E-state index in [0.29, 0.717) is 5.02 Å². The first kappa shape index (κ1) is 12.7. The maximum Gasteiger partial charge on any atom is 0.189 e. The maximum absolute atomic E-state index is 5.93. The van der Waals surface area contributed by atoms with Gasteiger partial charge in [0.25, 0.3) is 0 Å². The summed E-state index contributed by atoms with van der Waals surface area (Å²) in [5.41, 5.74) is 6.78. The van der Waals surface area contributed by atoms with E-state index in [1.807, 2.05) is 19.1 Å². The second-order valence-electron chi connectivity index (χ2n) is 4.55. The van der Waals surface area contributed by atoms with Gasteiger partial charge in [0.15, 0.2) is 6.79 Å². The first-order valence-electron chi connectivity index (χ1n) is 5.92. The lowest BCUT2D eigenvalue weighted by Gasteiger charge is -2.14. The molecule has 0 saturated heterocycles. The number of halogens is 1. The molecule has 17 heavy (non-hydrogen) atoms. The quantitative estimate of drug-likeness (QED) is 0.627. The number of hydrogen-bond donors (Lipinski definition) is 1. The third-order valence-electron chi connectivity index (χ3n) is 2.81. The summed E-state index contributed by atoms with van der Waals surface area (Å²) < 4.78 is 11.0. The van der Waals surface area contributed by atoms with Crippen molar-refractivity contribution in [2.45, 2.75) is 25.8 Å². The predicted molar refractivity (Wildman–Crippen MR) is 68.2 cm³/mol. The first-order chi connectivity index (χ1) is 8.16. The van der Waals surface area contributed by atoms with E-state index in [9.17, 15) is 0 Å². The van der Waals surface area contributed by atoms with Gasteiger partial charge in [0.2, 0.25) is 0 Å². The molecule has 0 spiro atoms. The van der Waals surface area contributed by atoms with Gasteiger partial charge in [-0.05, 0) is 43.9 Å². The third-order valence-corrected chi connectivity index (χ3v) is 3.05. The van der Waals surface area contributed by atoms with E-state index in [2.05, 4.69) is 0 Å². The van der Waals surface area contributed by atoms with Crippen LogP contribution in [0.25, 0.3) is 0 Å². The second kappa shape index (κ2) is 5.71. The van der Waals surface area contributed by atoms with Crippen LogP contribution in [0.1, 0.15) is 31.4 Å². The molecule has 0 unspecified atom stereocenters. The number of rotatable bonds is 6. The Morgan fingerprint density at radius 3 is 2.88 bits per heavy atom. The van der Waals surface area contributed by atoms with Gasteiger partial charge in [-0.3, -0.25) is 0 Å². The monoisotopic (exact) mass is 255 g/mol. The van der Waals surface area contributed by atoms with Crippen molar-refractivity contribution in [3.05, 3.63) is 28.8 Å². The van der Waals surface area contributed by atoms with Crippen LogP contribution in [-0.4, -0.2) is 13.4 Å². The van der Waals surface area contributed by atoms with Crippen molar-refractivity contribution in [3.8, 4) is 5.75 Å². The van der Waals surface area contributed by atoms with Gasteiger partial charge < -0.3 is 15.2 Å². The van der Waals surface area contributed by atoms with Crippen molar-refractivity contribution in [1.82, 2.24) is 0 Å². The van der Waals surface area contributed by atoms with Gasteiger partial charge in [-0.1, -0.05) is 11.6 Å². The molecule has 0 aliphatic heterocycles. The van der Waals surface area contributed by atoms with E-state index in [1.165, 1.54) is 12.8 Å². The zero-order chi connectivity index (χ0) is 12.3. The molecule has 0 aromatic heterocycles. The Kier molecular flexibility index (Phi) is 4.26. The Morgan fingerprint density at radius 1 is 1.47 bits per heavy atom. The topological polar surface area (TPSA) is 44.5 Å². The molecule has 1 aliphatic rings. The largest absolute Gasteiger partial charge is 0.467 e. The minimum Gasteiger partial charge on any atom is -0.467 e. The predicted octanol–water partition coefficient (Wildman–Crippen LogP) is 3.12. The molecule has 4 heteroatoms. The molecule has 0 bridgehead atoms. The summed E-state index contributed by atoms with van der Waals surface area (Å²) in [5.74, 6) is 1.50. The third kappa shape index (κ3) is 3.87. The summed E-state index contributed by atoms with van der Waals surface area (Å²) in [6.45, 7) is 2.97. The van der Waals surface area contributed by atoms with Crippen molar-refractivity contribution in [3.63, 3.8) is 0 Å². The fourth-order valence-corrected chi connectivity index (χ4v) is 1.79. The molecule has 1 saturated carbocycles. The number of hydrogen-bond acceptors (Lipinski definition) is 3. The molecule has 2 rings (SSSR count). The van der Waals surface area contributed by atoms with Crippen molar-refractivity contribution < 1.29 is 9.47 Å². The SMILES string of the molecule is C[C@@H](N)c1cc(Cl)ccc1OCOCC1CC1. The summed E-state index contributed by atoms with van der Waals surface area (Å²) in [6, 6.07) is 5.36. The van der Waals surface area contributed by atoms with E-state index in [1.54, 1.807) is 6.07 Å². The van der Waals surface area contributed by atoms with Crippen molar-refractivity contribution in [2.75, 3.05) is 13.4 Å². The van der Waals surface area contributed by atoms with Crippen molar-refractivity contribution >= 4 is 11.6 Å². The number of ether oxygens (including phenoxy) is 2. The molecule has 1 fully saturated rings. The van der Waals surface area contributed by atoms with Crippen LogP contribution in [0.15, 0.2) is 18.2 Å². The van der Waals surface area contributed by atoms with E-state index < -0.39 is 0 Å². The molecule has 2 N–H and O–H groups in total. The van der Waals surface area contributed by atoms with E-state index >= 15 is 0 Å². The van der Waals surface area contributed by atoms with Gasteiger partial charge in [0, 0.05) is 16.6 Å². The Morgan fingerprint density at radius 2 is 2.24 bits per heavy atom. The molecular formula is C13H18ClNO2. The standard InChI is InChI=1S/C13H18ClNO2/c1-9(15)12-6-11(14)4-5-13(12)17-8-16-7-10-2-3-10/h4-6,9-10H,2-3,7-8,15H2,1H3/t9-/m1/s1. The molecule has 94 valence electrons. The van der Waals surface area contributed by atoms with Crippen LogP contribution in [0.3, 0.4) is 0 Å². The Balaban J connectivity index is 1.89. The van der Waals surface area contributed by atoms with E-state index in [4.69, 9.17) is 26.8 Å². The minimum atomic E-state index is -0.105. The zero-order valence-corrected chi connectivity index (χ0v) is 10.7. The zero-order valence-electron chi connectivity index (χ0n) is 9.99. The Hall–Kier alpha value is -0.770. The highest BCUT2D eigenvalue weighted by Crippen LogP contribution is 2.29. The van der Waals surface area contributed by atoms with E-state index in [-0.39, 0.29) is 12.8 Å². The van der Waals surface area contributed by atoms with Crippen LogP contribution in [0, 0.1) is 5.92 Å². The summed E-state index contributed by atoms with van der Waals surface area (Å²) >= 11 is 5.93. The fraction of sp³-hybridized carbons (Fsp3) is 0.538. The smallest absolute Gasteiger partial charge is 0.189 e. The molecule has 1 aromatic rings. The lowest BCUT2D eigenvalue weighted by molar-refractivity contribution is 0.00934. The lowest BCUT2D eigenvalue weighted by atomic mass is 10.1. The summed E-state index contributed by atoms with van der Waals surface area (Å²) in [4.78, 5) is 0. The molecule has 3 nitrogen and oxygen atoms in total. The first-order valence-corrected chi connectivity index (χ1v) is 6.30. The Labute approximate surface area is 107 Å². The highest BCUT2D eigenvalue weighted by Gasteiger charge is 2.21. The maximum atomic E-state index is 5.93. The van der Waals surface area contributed by atoms with Gasteiger partial charge >= 0.3 is 0 Å². The van der Waals surface area contributed by atoms with Crippen LogP contribution in [-0.2, 0) is 4.74 Å². The number of nitrogens with two attached hydrogens (primary N) is 1. The summed E-state index contributed by atoms with van der Waals surface area (Å²) in [6.07, 6.45) is 2.57. The van der Waals surface area contributed by atoms with Gasteiger partial charge in [-0.25, -0.2) is 0 Å². The van der Waals surface area contributed by atoms with Gasteiger partial charge in [-0.15, -0.1) is 0 Å². The second-order valence-corrected chi connectivity index (χ2v) is 4.98. The molecule has 0 amide bonds. The molecular weight excluding hydrogens is 238 g/mol. The van der Waals surface area contributed by atoms with Gasteiger partial charge in [0.05, 0.1) is 6.61 Å². The van der Waals surface area contributed by atoms with Crippen LogP contribution in [0.2, 0.25) is 5.02 Å².